The SMILES string of the molecule is CC(C)C[C@]1(O)CN(c2ccc(C(F)(F)F)c(-c3n[nH]c4ncccc34)n2)CC[C@H]1N. The van der Waals surface area contributed by atoms with Gasteiger partial charge in [-0.25, -0.2) is 9.97 Å². The van der Waals surface area contributed by atoms with E-state index in [4.69, 9.17) is 5.73 Å². The Hall–Kier alpha value is -2.72. The highest BCUT2D eigenvalue weighted by molar-refractivity contribution is 5.90. The van der Waals surface area contributed by atoms with Gasteiger partial charge in [0.2, 0.25) is 0 Å². The number of alkyl halides is 3. The first kappa shape index (κ1) is 21.5. The van der Waals surface area contributed by atoms with Gasteiger partial charge in [-0.1, -0.05) is 13.8 Å². The van der Waals surface area contributed by atoms with Crippen LogP contribution in [0, 0.1) is 5.92 Å². The van der Waals surface area contributed by atoms with E-state index in [1.807, 2.05) is 13.8 Å². The van der Waals surface area contributed by atoms with Gasteiger partial charge in [0.1, 0.15) is 17.2 Å². The molecule has 1 aliphatic heterocycles. The average molecular weight is 434 g/mol. The molecule has 0 bridgehead atoms. The van der Waals surface area contributed by atoms with E-state index in [1.54, 1.807) is 17.0 Å². The summed E-state index contributed by atoms with van der Waals surface area (Å²) in [6.45, 7) is 4.68. The minimum Gasteiger partial charge on any atom is -0.386 e. The molecule has 0 aliphatic carbocycles. The van der Waals surface area contributed by atoms with Gasteiger partial charge < -0.3 is 15.7 Å². The molecule has 7 nitrogen and oxygen atoms in total. The van der Waals surface area contributed by atoms with Crippen LogP contribution in [0.25, 0.3) is 22.4 Å². The number of rotatable bonds is 4. The Morgan fingerprint density at radius 1 is 1.29 bits per heavy atom. The van der Waals surface area contributed by atoms with Crippen LogP contribution in [0.15, 0.2) is 30.5 Å². The standard InChI is InChI=1S/C21H25F3N6O/c1-12(2)10-20(31)11-30(9-7-15(20)25)16-6-5-14(21(22,23)24)18(27-16)17-13-4-3-8-26-19(13)29-28-17/h3-6,8,12,15,31H,7,9-11,25H2,1-2H3,(H,26,28,29)/t15-,20+/m1/s1. The lowest BCUT2D eigenvalue weighted by Gasteiger charge is -2.45. The molecule has 0 amide bonds. The highest BCUT2D eigenvalue weighted by atomic mass is 19.4. The number of piperidine rings is 1. The Balaban J connectivity index is 1.78. The normalized spacial score (nSPS) is 22.5. The molecule has 0 saturated carbocycles. The molecule has 1 aliphatic rings. The van der Waals surface area contributed by atoms with Crippen molar-refractivity contribution in [2.24, 2.45) is 11.7 Å². The highest BCUT2D eigenvalue weighted by Crippen LogP contribution is 2.39. The van der Waals surface area contributed by atoms with Crippen molar-refractivity contribution >= 4 is 16.9 Å². The molecule has 4 N–H and O–H groups in total. The number of aromatic nitrogens is 4. The van der Waals surface area contributed by atoms with Crippen LogP contribution in [0.4, 0.5) is 19.0 Å². The van der Waals surface area contributed by atoms with Crippen molar-refractivity contribution < 1.29 is 18.3 Å². The Bertz CT molecular complexity index is 1080. The molecule has 0 radical (unpaired) electrons. The fourth-order valence-corrected chi connectivity index (χ4v) is 4.28. The predicted molar refractivity (Wildman–Crippen MR) is 111 cm³/mol. The molecule has 10 heteroatoms. The predicted octanol–water partition coefficient (Wildman–Crippen LogP) is 3.35. The molecule has 0 spiro atoms. The molecule has 1 saturated heterocycles. The molecular formula is C21H25F3N6O. The lowest BCUT2D eigenvalue weighted by Crippen LogP contribution is -2.61. The van der Waals surface area contributed by atoms with Gasteiger partial charge >= 0.3 is 6.18 Å². The van der Waals surface area contributed by atoms with Crippen molar-refractivity contribution in [2.45, 2.75) is 44.5 Å². The average Bonchev–Trinajstić information content (AvgIpc) is 3.12. The zero-order valence-electron chi connectivity index (χ0n) is 17.3. The van der Waals surface area contributed by atoms with Crippen LogP contribution < -0.4 is 10.6 Å². The first-order valence-corrected chi connectivity index (χ1v) is 10.2. The minimum atomic E-state index is -4.60. The summed E-state index contributed by atoms with van der Waals surface area (Å²) in [5.41, 5.74) is 4.37. The third kappa shape index (κ3) is 4.09. The van der Waals surface area contributed by atoms with E-state index in [2.05, 4.69) is 20.2 Å². The van der Waals surface area contributed by atoms with Crippen LogP contribution in [0.2, 0.25) is 0 Å². The van der Waals surface area contributed by atoms with Crippen molar-refractivity contribution in [1.29, 1.82) is 0 Å². The van der Waals surface area contributed by atoms with Gasteiger partial charge in [-0.05, 0) is 43.0 Å². The summed E-state index contributed by atoms with van der Waals surface area (Å²) in [6.07, 6.45) is -2.06. The van der Waals surface area contributed by atoms with E-state index in [9.17, 15) is 18.3 Å². The second-order valence-electron chi connectivity index (χ2n) is 8.55. The van der Waals surface area contributed by atoms with Gasteiger partial charge in [0, 0.05) is 30.7 Å². The summed E-state index contributed by atoms with van der Waals surface area (Å²) < 4.78 is 41.3. The number of aromatic amines is 1. The van der Waals surface area contributed by atoms with Crippen LogP contribution >= 0.6 is 0 Å². The molecule has 4 rings (SSSR count). The van der Waals surface area contributed by atoms with Crippen molar-refractivity contribution in [1.82, 2.24) is 20.2 Å². The van der Waals surface area contributed by atoms with Gasteiger partial charge in [0.05, 0.1) is 11.2 Å². The number of nitrogens with two attached hydrogens (primary N) is 1. The van der Waals surface area contributed by atoms with Crippen molar-refractivity contribution in [3.8, 4) is 11.4 Å². The first-order valence-electron chi connectivity index (χ1n) is 10.2. The summed E-state index contributed by atoms with van der Waals surface area (Å²) >= 11 is 0. The number of hydrogen-bond donors (Lipinski definition) is 3. The number of nitrogens with zero attached hydrogens (tertiary/aromatic N) is 4. The summed E-state index contributed by atoms with van der Waals surface area (Å²) in [5.74, 6) is 0.562. The van der Waals surface area contributed by atoms with E-state index in [1.165, 1.54) is 12.3 Å². The van der Waals surface area contributed by atoms with Crippen molar-refractivity contribution in [2.75, 3.05) is 18.0 Å². The van der Waals surface area contributed by atoms with Gasteiger partial charge in [0.25, 0.3) is 0 Å². The third-order valence-electron chi connectivity index (χ3n) is 5.70. The number of pyridine rings is 2. The van der Waals surface area contributed by atoms with Gasteiger partial charge in [0.15, 0.2) is 5.65 Å². The van der Waals surface area contributed by atoms with Crippen molar-refractivity contribution in [3.05, 3.63) is 36.0 Å². The number of β-amino-alcohol motifs (C(OH)–C–C–N with tert-alkyl or cyclic N) is 1. The van der Waals surface area contributed by atoms with Gasteiger partial charge in [-0.15, -0.1) is 0 Å². The van der Waals surface area contributed by atoms with E-state index in [-0.39, 0.29) is 23.9 Å². The maximum absolute atomic E-state index is 13.8. The molecule has 0 unspecified atom stereocenters. The molecule has 2 atom stereocenters. The van der Waals surface area contributed by atoms with Gasteiger partial charge in [-0.2, -0.15) is 18.3 Å². The molecule has 166 valence electrons. The van der Waals surface area contributed by atoms with Crippen LogP contribution in [-0.4, -0.2) is 50.0 Å². The molecule has 31 heavy (non-hydrogen) atoms. The van der Waals surface area contributed by atoms with Crippen LogP contribution in [0.1, 0.15) is 32.3 Å². The van der Waals surface area contributed by atoms with Crippen LogP contribution in [0.3, 0.4) is 0 Å². The lowest BCUT2D eigenvalue weighted by atomic mass is 9.81. The lowest BCUT2D eigenvalue weighted by molar-refractivity contribution is -0.137. The number of H-pyrrole nitrogens is 1. The Labute approximate surface area is 177 Å². The number of aliphatic hydroxyl groups is 1. The largest absolute Gasteiger partial charge is 0.418 e. The zero-order chi connectivity index (χ0) is 22.4. The fourth-order valence-electron chi connectivity index (χ4n) is 4.28. The molecule has 3 aromatic heterocycles. The Morgan fingerprint density at radius 2 is 2.06 bits per heavy atom. The Morgan fingerprint density at radius 3 is 2.77 bits per heavy atom. The zero-order valence-corrected chi connectivity index (χ0v) is 17.3. The van der Waals surface area contributed by atoms with Gasteiger partial charge in [-0.3, -0.25) is 5.10 Å². The van der Waals surface area contributed by atoms with E-state index >= 15 is 0 Å². The molecule has 3 aromatic rings. The van der Waals surface area contributed by atoms with E-state index in [0.717, 1.165) is 6.07 Å². The third-order valence-corrected chi connectivity index (χ3v) is 5.70. The monoisotopic (exact) mass is 434 g/mol. The number of anilines is 1. The fraction of sp³-hybridized carbons (Fsp3) is 0.476. The summed E-state index contributed by atoms with van der Waals surface area (Å²) in [4.78, 5) is 10.3. The topological polar surface area (TPSA) is 104 Å². The van der Waals surface area contributed by atoms with Crippen molar-refractivity contribution in [3.63, 3.8) is 0 Å². The quantitative estimate of drug-likeness (QED) is 0.582. The van der Waals surface area contributed by atoms with E-state index < -0.39 is 23.4 Å². The van der Waals surface area contributed by atoms with E-state index in [0.29, 0.717) is 36.2 Å². The molecule has 4 heterocycles. The minimum absolute atomic E-state index is 0.0865. The number of halogens is 3. The maximum atomic E-state index is 13.8. The number of nitrogens with one attached hydrogen (secondary N) is 1. The summed E-state index contributed by atoms with van der Waals surface area (Å²) in [7, 11) is 0. The number of hydrogen-bond acceptors (Lipinski definition) is 6. The number of fused-ring (bicyclic) bond motifs is 1. The van der Waals surface area contributed by atoms with Crippen LogP contribution in [0.5, 0.6) is 0 Å². The second kappa shape index (κ2) is 7.76. The maximum Gasteiger partial charge on any atom is 0.418 e. The van der Waals surface area contributed by atoms with Crippen LogP contribution in [-0.2, 0) is 6.18 Å². The second-order valence-corrected chi connectivity index (χ2v) is 8.55. The smallest absolute Gasteiger partial charge is 0.386 e. The highest BCUT2D eigenvalue weighted by Gasteiger charge is 2.41. The summed E-state index contributed by atoms with van der Waals surface area (Å²) in [6, 6.07) is 5.24. The Kier molecular flexibility index (Phi) is 5.38. The molecular weight excluding hydrogens is 409 g/mol. The molecule has 1 fully saturated rings. The molecule has 0 aromatic carbocycles. The summed E-state index contributed by atoms with van der Waals surface area (Å²) in [5, 5.41) is 18.3. The first-order chi connectivity index (χ1) is 14.6.